The van der Waals surface area contributed by atoms with Crippen molar-refractivity contribution in [3.63, 3.8) is 0 Å². The smallest absolute Gasteiger partial charge is 0.330 e. The fourth-order valence-corrected chi connectivity index (χ4v) is 3.87. The van der Waals surface area contributed by atoms with E-state index in [1.807, 2.05) is 0 Å². The fraction of sp³-hybridized carbons (Fsp3) is 0.440. The lowest BCUT2D eigenvalue weighted by atomic mass is 10.1. The van der Waals surface area contributed by atoms with Crippen LogP contribution >= 0.6 is 0 Å². The molecule has 0 aromatic heterocycles. The predicted molar refractivity (Wildman–Crippen MR) is 129 cm³/mol. The van der Waals surface area contributed by atoms with Crippen molar-refractivity contribution in [1.82, 2.24) is 19.9 Å². The van der Waals surface area contributed by atoms with Crippen LogP contribution in [0.5, 0.6) is 0 Å². The Morgan fingerprint density at radius 3 is 1.41 bits per heavy atom. The molecule has 0 radical (unpaired) electrons. The van der Waals surface area contributed by atoms with Gasteiger partial charge in [0.05, 0.1) is 0 Å². The second-order valence-electron chi connectivity index (χ2n) is 9.17. The topological polar surface area (TPSA) is 202 Å². The van der Waals surface area contributed by atoms with Crippen molar-refractivity contribution in [2.45, 2.75) is 51.9 Å². The summed E-state index contributed by atoms with van der Waals surface area (Å²) in [7, 11) is 0. The van der Waals surface area contributed by atoms with Crippen LogP contribution in [0.2, 0.25) is 0 Å². The zero-order valence-corrected chi connectivity index (χ0v) is 21.9. The molecule has 16 nitrogen and oxygen atoms in total. The van der Waals surface area contributed by atoms with Gasteiger partial charge in [-0.15, -0.1) is 10.1 Å². The molecule has 0 saturated carbocycles. The summed E-state index contributed by atoms with van der Waals surface area (Å²) in [6.07, 6.45) is 4.91. The number of hydroxylamine groups is 4. The number of hydrogen-bond donors (Lipinski definition) is 0. The van der Waals surface area contributed by atoms with E-state index >= 15 is 0 Å². The first-order valence-electron chi connectivity index (χ1n) is 12.6. The van der Waals surface area contributed by atoms with Crippen LogP contribution in [0, 0.1) is 5.92 Å². The van der Waals surface area contributed by atoms with Crippen molar-refractivity contribution in [1.29, 1.82) is 0 Å². The highest BCUT2D eigenvalue weighted by molar-refractivity contribution is 6.13. The molecular formula is C25H26N4O12. The molecule has 218 valence electrons. The number of nitrogens with zero attached hydrogens (tertiary/aromatic N) is 4. The summed E-state index contributed by atoms with van der Waals surface area (Å²) in [6, 6.07) is 0. The Hall–Kier alpha value is -5.02. The van der Waals surface area contributed by atoms with Crippen molar-refractivity contribution in [3.05, 3.63) is 24.3 Å². The molecule has 0 aliphatic carbocycles. The Kier molecular flexibility index (Phi) is 9.95. The Labute approximate surface area is 232 Å². The van der Waals surface area contributed by atoms with E-state index in [9.17, 15) is 47.9 Å². The fourth-order valence-electron chi connectivity index (χ4n) is 3.87. The predicted octanol–water partition coefficient (Wildman–Crippen LogP) is -1.16. The molecule has 4 rings (SSSR count). The molecule has 1 unspecified atom stereocenters. The molecule has 16 heteroatoms. The van der Waals surface area contributed by atoms with E-state index in [-0.39, 0.29) is 58.0 Å². The van der Waals surface area contributed by atoms with Gasteiger partial charge in [0.25, 0.3) is 47.3 Å². The lowest BCUT2D eigenvalue weighted by molar-refractivity contribution is -0.198. The number of imide groups is 4. The highest BCUT2D eigenvalue weighted by Crippen LogP contribution is 2.19. The Balaban J connectivity index is 0.000000226. The Bertz CT molecular complexity index is 1220. The van der Waals surface area contributed by atoms with E-state index in [0.29, 0.717) is 10.1 Å². The molecule has 8 amide bonds. The monoisotopic (exact) mass is 574 g/mol. The molecule has 41 heavy (non-hydrogen) atoms. The van der Waals surface area contributed by atoms with Gasteiger partial charge in [0.15, 0.2) is 0 Å². The first kappa shape index (κ1) is 30.5. The van der Waals surface area contributed by atoms with Crippen LogP contribution in [-0.4, -0.2) is 92.2 Å². The van der Waals surface area contributed by atoms with E-state index in [4.69, 9.17) is 4.84 Å². The molecule has 4 heterocycles. The van der Waals surface area contributed by atoms with Gasteiger partial charge in [0.2, 0.25) is 0 Å². The van der Waals surface area contributed by atoms with Gasteiger partial charge in [-0.2, -0.15) is 0 Å². The summed E-state index contributed by atoms with van der Waals surface area (Å²) in [5.41, 5.74) is 0. The quantitative estimate of drug-likeness (QED) is 0.284. The van der Waals surface area contributed by atoms with Crippen LogP contribution in [0.25, 0.3) is 0 Å². The molecule has 1 atom stereocenters. The van der Waals surface area contributed by atoms with Crippen LogP contribution in [-0.2, 0) is 57.6 Å². The van der Waals surface area contributed by atoms with Gasteiger partial charge >= 0.3 is 11.9 Å². The van der Waals surface area contributed by atoms with Gasteiger partial charge in [0, 0.05) is 75.4 Å². The molecule has 2 fully saturated rings. The van der Waals surface area contributed by atoms with Gasteiger partial charge in [0.1, 0.15) is 0 Å². The second-order valence-corrected chi connectivity index (χ2v) is 9.17. The van der Waals surface area contributed by atoms with Crippen LogP contribution in [0.1, 0.15) is 51.9 Å². The average Bonchev–Trinajstić information content (AvgIpc) is 3.60. The minimum absolute atomic E-state index is 0.0224. The molecule has 0 spiro atoms. The zero-order valence-electron chi connectivity index (χ0n) is 21.9. The highest BCUT2D eigenvalue weighted by atomic mass is 16.7. The molecule has 2 saturated heterocycles. The van der Waals surface area contributed by atoms with Crippen molar-refractivity contribution in [3.8, 4) is 0 Å². The third kappa shape index (κ3) is 7.77. The van der Waals surface area contributed by atoms with Gasteiger partial charge in [-0.3, -0.25) is 48.2 Å². The van der Waals surface area contributed by atoms with Gasteiger partial charge in [-0.25, -0.2) is 9.59 Å². The van der Waals surface area contributed by atoms with Gasteiger partial charge in [-0.1, -0.05) is 6.92 Å². The van der Waals surface area contributed by atoms with Crippen molar-refractivity contribution < 1.29 is 57.6 Å². The van der Waals surface area contributed by atoms with Crippen LogP contribution < -0.4 is 0 Å². The highest BCUT2D eigenvalue weighted by Gasteiger charge is 2.39. The summed E-state index contributed by atoms with van der Waals surface area (Å²) in [4.78, 5) is 125. The maximum absolute atomic E-state index is 11.6. The van der Waals surface area contributed by atoms with Crippen LogP contribution in [0.4, 0.5) is 0 Å². The Morgan fingerprint density at radius 2 is 1.05 bits per heavy atom. The Morgan fingerprint density at radius 1 is 0.659 bits per heavy atom. The van der Waals surface area contributed by atoms with Crippen molar-refractivity contribution in [2.75, 3.05) is 13.1 Å². The lowest BCUT2D eigenvalue weighted by Crippen LogP contribution is -2.34. The molecule has 0 bridgehead atoms. The van der Waals surface area contributed by atoms with E-state index < -0.39 is 65.1 Å². The van der Waals surface area contributed by atoms with E-state index in [2.05, 4.69) is 4.84 Å². The SMILES string of the molecule is CC1CC(=O)N(OC(=O)CCCN2C(=O)C=CC2=O)C1=O.O=C(CCCN1C(=O)C=CC1=O)ON1C(=O)CCC1=O. The third-order valence-electron chi connectivity index (χ3n) is 6.05. The van der Waals surface area contributed by atoms with Gasteiger partial charge in [-0.05, 0) is 12.8 Å². The molecular weight excluding hydrogens is 548 g/mol. The minimum atomic E-state index is -0.752. The summed E-state index contributed by atoms with van der Waals surface area (Å²) >= 11 is 0. The first-order valence-corrected chi connectivity index (χ1v) is 12.6. The zero-order chi connectivity index (χ0) is 30.3. The summed E-state index contributed by atoms with van der Waals surface area (Å²) < 4.78 is 0. The van der Waals surface area contributed by atoms with Gasteiger partial charge < -0.3 is 9.68 Å². The summed E-state index contributed by atoms with van der Waals surface area (Å²) in [5, 5.41) is 0.955. The van der Waals surface area contributed by atoms with Crippen molar-refractivity contribution >= 4 is 59.2 Å². The number of carbonyl (C=O) groups excluding carboxylic acids is 10. The number of amides is 8. The minimum Gasteiger partial charge on any atom is -0.330 e. The molecule has 4 aliphatic rings. The number of carbonyl (C=O) groups is 10. The number of hydrogen-bond acceptors (Lipinski definition) is 12. The molecule has 0 aromatic carbocycles. The van der Waals surface area contributed by atoms with E-state index in [0.717, 1.165) is 34.1 Å². The second kappa shape index (κ2) is 13.4. The standard InChI is InChI=1S/C13H14N2O6.C12H12N2O6/c1-8-7-11(18)15(13(8)20)21-12(19)3-2-6-14-9(16)4-5-10(14)17;15-8-3-4-9(16)13(8)7-1-2-12(19)20-14-10(17)5-6-11(14)18/h4-5,8H,2-3,6-7H2,1H3;3-4H,1-2,5-7H2. The molecule has 0 N–H and O–H groups in total. The molecule has 0 aromatic rings. The largest absolute Gasteiger partial charge is 0.333 e. The van der Waals surface area contributed by atoms with E-state index in [1.54, 1.807) is 6.92 Å². The normalized spacial score (nSPS) is 20.1. The number of rotatable bonds is 10. The first-order chi connectivity index (χ1) is 19.4. The molecule has 4 aliphatic heterocycles. The lowest BCUT2D eigenvalue weighted by Gasteiger charge is -2.15. The summed E-state index contributed by atoms with van der Waals surface area (Å²) in [6.45, 7) is 1.74. The maximum Gasteiger partial charge on any atom is 0.333 e. The maximum atomic E-state index is 11.6. The van der Waals surface area contributed by atoms with Crippen molar-refractivity contribution in [2.24, 2.45) is 5.92 Å². The van der Waals surface area contributed by atoms with Crippen LogP contribution in [0.15, 0.2) is 24.3 Å². The third-order valence-corrected chi connectivity index (χ3v) is 6.05. The van der Waals surface area contributed by atoms with Crippen LogP contribution in [0.3, 0.4) is 0 Å². The summed E-state index contributed by atoms with van der Waals surface area (Å²) in [5.74, 6) is -5.86. The average molecular weight is 574 g/mol. The van der Waals surface area contributed by atoms with E-state index in [1.165, 1.54) is 0 Å².